The van der Waals surface area contributed by atoms with Crippen molar-refractivity contribution in [2.75, 3.05) is 13.2 Å². The van der Waals surface area contributed by atoms with Crippen LogP contribution in [0.1, 0.15) is 18.1 Å². The number of rotatable bonds is 7. The molecule has 1 aliphatic rings. The highest BCUT2D eigenvalue weighted by Gasteiger charge is 2.36. The van der Waals surface area contributed by atoms with E-state index in [-0.39, 0.29) is 11.5 Å². The lowest BCUT2D eigenvalue weighted by Gasteiger charge is -2.12. The Bertz CT molecular complexity index is 1040. The first-order chi connectivity index (χ1) is 14.8. The summed E-state index contributed by atoms with van der Waals surface area (Å²) in [5.74, 6) is -0.508. The van der Waals surface area contributed by atoms with Gasteiger partial charge in [-0.15, -0.1) is 0 Å². The van der Waals surface area contributed by atoms with Crippen LogP contribution in [0.15, 0.2) is 50.2 Å². The van der Waals surface area contributed by atoms with Crippen molar-refractivity contribution in [3.05, 3.63) is 64.9 Å². The predicted molar refractivity (Wildman–Crippen MR) is 135 cm³/mol. The lowest BCUT2D eigenvalue weighted by molar-refractivity contribution is -0.145. The van der Waals surface area contributed by atoms with E-state index < -0.39 is 23.7 Å². The van der Waals surface area contributed by atoms with E-state index in [9.17, 15) is 14.4 Å². The fourth-order valence-electron chi connectivity index (χ4n) is 2.66. The number of ether oxygens (including phenoxy) is 2. The molecule has 2 aromatic rings. The van der Waals surface area contributed by atoms with Crippen LogP contribution in [0.25, 0.3) is 6.08 Å². The molecule has 0 saturated carbocycles. The molecule has 0 unspecified atom stereocenters. The van der Waals surface area contributed by atoms with E-state index in [4.69, 9.17) is 9.47 Å². The van der Waals surface area contributed by atoms with Gasteiger partial charge in [-0.05, 0) is 115 Å². The SMILES string of the molecule is CCOC(=O)CN1C(=O)S/C(=C/c2cc(Br)c(OCc3ccc(I)cc3)c(Br)c2)C1=O. The zero-order valence-corrected chi connectivity index (χ0v) is 22.3. The van der Waals surface area contributed by atoms with E-state index >= 15 is 0 Å². The van der Waals surface area contributed by atoms with Gasteiger partial charge in [0.15, 0.2) is 0 Å². The fraction of sp³-hybridized carbons (Fsp3) is 0.190. The zero-order chi connectivity index (χ0) is 22.5. The summed E-state index contributed by atoms with van der Waals surface area (Å²) in [5.41, 5.74) is 1.74. The number of hydrogen-bond acceptors (Lipinski definition) is 6. The first kappa shape index (κ1) is 24.3. The van der Waals surface area contributed by atoms with E-state index in [1.165, 1.54) is 0 Å². The quantitative estimate of drug-likeness (QED) is 0.203. The summed E-state index contributed by atoms with van der Waals surface area (Å²) < 4.78 is 13.3. The molecule has 0 radical (unpaired) electrons. The summed E-state index contributed by atoms with van der Waals surface area (Å²) in [7, 11) is 0. The Balaban J connectivity index is 1.74. The van der Waals surface area contributed by atoms with Gasteiger partial charge >= 0.3 is 5.97 Å². The van der Waals surface area contributed by atoms with Crippen LogP contribution in [-0.2, 0) is 20.9 Å². The Morgan fingerprint density at radius 1 is 1.16 bits per heavy atom. The van der Waals surface area contributed by atoms with Crippen LogP contribution < -0.4 is 4.74 Å². The monoisotopic (exact) mass is 679 g/mol. The maximum atomic E-state index is 12.5. The summed E-state index contributed by atoms with van der Waals surface area (Å²) in [6.07, 6.45) is 1.61. The molecule has 162 valence electrons. The van der Waals surface area contributed by atoms with Crippen LogP contribution in [0.4, 0.5) is 4.79 Å². The molecule has 10 heteroatoms. The number of imide groups is 1. The topological polar surface area (TPSA) is 72.9 Å². The highest BCUT2D eigenvalue weighted by atomic mass is 127. The Morgan fingerprint density at radius 2 is 1.81 bits per heavy atom. The summed E-state index contributed by atoms with van der Waals surface area (Å²) >= 11 is 10.1. The molecule has 1 saturated heterocycles. The van der Waals surface area contributed by atoms with Gasteiger partial charge < -0.3 is 9.47 Å². The lowest BCUT2D eigenvalue weighted by atomic mass is 10.2. The second-order valence-electron chi connectivity index (χ2n) is 6.30. The van der Waals surface area contributed by atoms with E-state index in [0.717, 1.165) is 25.8 Å². The molecular formula is C21H16Br2INO5S. The number of carbonyl (C=O) groups excluding carboxylic acids is 3. The van der Waals surface area contributed by atoms with Crippen LogP contribution in [-0.4, -0.2) is 35.2 Å². The van der Waals surface area contributed by atoms with Gasteiger partial charge in [0, 0.05) is 3.57 Å². The molecule has 6 nitrogen and oxygen atoms in total. The smallest absolute Gasteiger partial charge is 0.326 e. The predicted octanol–water partition coefficient (Wildman–Crippen LogP) is 5.99. The minimum atomic E-state index is -0.619. The minimum Gasteiger partial charge on any atom is -0.487 e. The van der Waals surface area contributed by atoms with Crippen LogP contribution in [0.5, 0.6) is 5.75 Å². The molecule has 31 heavy (non-hydrogen) atoms. The Morgan fingerprint density at radius 3 is 2.42 bits per heavy atom. The van der Waals surface area contributed by atoms with Gasteiger partial charge in [0.1, 0.15) is 18.9 Å². The van der Waals surface area contributed by atoms with E-state index in [1.807, 2.05) is 24.3 Å². The van der Waals surface area contributed by atoms with E-state index in [1.54, 1.807) is 25.1 Å². The Hall–Kier alpha value is -1.37. The highest BCUT2D eigenvalue weighted by molar-refractivity contribution is 14.1. The van der Waals surface area contributed by atoms with Gasteiger partial charge in [0.25, 0.3) is 11.1 Å². The first-order valence-electron chi connectivity index (χ1n) is 9.05. The maximum Gasteiger partial charge on any atom is 0.326 e. The molecule has 0 spiro atoms. The Kier molecular flexibility index (Phi) is 8.59. The van der Waals surface area contributed by atoms with Gasteiger partial charge in [-0.25, -0.2) is 0 Å². The van der Waals surface area contributed by atoms with Gasteiger partial charge in [-0.2, -0.15) is 0 Å². The molecule has 0 bridgehead atoms. The van der Waals surface area contributed by atoms with Crippen molar-refractivity contribution in [2.24, 2.45) is 0 Å². The van der Waals surface area contributed by atoms with Crippen molar-refractivity contribution in [3.63, 3.8) is 0 Å². The highest BCUT2D eigenvalue weighted by Crippen LogP contribution is 2.38. The molecule has 0 atom stereocenters. The number of esters is 1. The van der Waals surface area contributed by atoms with Crippen LogP contribution in [0, 0.1) is 3.57 Å². The summed E-state index contributed by atoms with van der Waals surface area (Å²) in [6, 6.07) is 11.6. The minimum absolute atomic E-state index is 0.185. The van der Waals surface area contributed by atoms with Gasteiger partial charge in [0.2, 0.25) is 0 Å². The molecule has 1 heterocycles. The van der Waals surface area contributed by atoms with E-state index in [0.29, 0.717) is 26.9 Å². The third-order valence-electron chi connectivity index (χ3n) is 4.08. The molecule has 2 amide bonds. The number of thioether (sulfide) groups is 1. The zero-order valence-electron chi connectivity index (χ0n) is 16.2. The molecule has 0 aromatic heterocycles. The molecule has 0 aliphatic carbocycles. The van der Waals surface area contributed by atoms with Gasteiger partial charge in [0.05, 0.1) is 20.5 Å². The van der Waals surface area contributed by atoms with Crippen molar-refractivity contribution >= 4 is 89.4 Å². The molecule has 0 N–H and O–H groups in total. The van der Waals surface area contributed by atoms with Crippen LogP contribution in [0.3, 0.4) is 0 Å². The first-order valence-corrected chi connectivity index (χ1v) is 12.5. The number of amides is 2. The molecule has 3 rings (SSSR count). The van der Waals surface area contributed by atoms with Crippen LogP contribution in [0.2, 0.25) is 0 Å². The summed E-state index contributed by atoms with van der Waals surface area (Å²) in [6.45, 7) is 1.86. The van der Waals surface area contributed by atoms with Crippen molar-refractivity contribution in [3.8, 4) is 5.75 Å². The standard InChI is InChI=1S/C21H16Br2INO5S/c1-2-29-18(26)10-25-20(27)17(31-21(25)28)9-13-7-15(22)19(16(23)8-13)30-11-12-3-5-14(24)6-4-12/h3-9H,2,10-11H2,1H3/b17-9+. The maximum absolute atomic E-state index is 12.5. The molecular weight excluding hydrogens is 665 g/mol. The molecule has 1 aliphatic heterocycles. The fourth-order valence-corrected chi connectivity index (χ4v) is 5.31. The third kappa shape index (κ3) is 6.33. The second kappa shape index (κ2) is 11.0. The molecule has 2 aromatic carbocycles. The number of benzene rings is 2. The summed E-state index contributed by atoms with van der Waals surface area (Å²) in [4.78, 5) is 37.4. The number of carbonyl (C=O) groups is 3. The van der Waals surface area contributed by atoms with Crippen molar-refractivity contribution in [1.29, 1.82) is 0 Å². The lowest BCUT2D eigenvalue weighted by Crippen LogP contribution is -2.34. The van der Waals surface area contributed by atoms with Crippen molar-refractivity contribution < 1.29 is 23.9 Å². The van der Waals surface area contributed by atoms with Crippen LogP contribution >= 0.6 is 66.2 Å². The summed E-state index contributed by atoms with van der Waals surface area (Å²) in [5, 5.41) is -0.500. The average Bonchev–Trinajstić information content (AvgIpc) is 2.96. The van der Waals surface area contributed by atoms with Crippen molar-refractivity contribution in [1.82, 2.24) is 4.90 Å². The number of nitrogens with zero attached hydrogens (tertiary/aromatic N) is 1. The largest absolute Gasteiger partial charge is 0.487 e. The van der Waals surface area contributed by atoms with Gasteiger partial charge in [-0.1, -0.05) is 12.1 Å². The van der Waals surface area contributed by atoms with E-state index in [2.05, 4.69) is 54.5 Å². The molecule has 1 fully saturated rings. The number of halogens is 3. The normalized spacial score (nSPS) is 15.0. The third-order valence-corrected chi connectivity index (χ3v) is 6.89. The number of hydrogen-bond donors (Lipinski definition) is 0. The Labute approximate surface area is 214 Å². The van der Waals surface area contributed by atoms with Crippen molar-refractivity contribution in [2.45, 2.75) is 13.5 Å². The second-order valence-corrected chi connectivity index (χ2v) is 10.2. The average molecular weight is 681 g/mol. The van der Waals surface area contributed by atoms with Gasteiger partial charge in [-0.3, -0.25) is 19.3 Å².